The van der Waals surface area contributed by atoms with Gasteiger partial charge in [0.2, 0.25) is 0 Å². The smallest absolute Gasteiger partial charge is 0.309 e. The number of unbranched alkanes of at least 4 members (excludes halogenated alkanes) is 5. The predicted octanol–water partition coefficient (Wildman–Crippen LogP) is 4.16. The molecule has 2 amide bonds. The summed E-state index contributed by atoms with van der Waals surface area (Å²) in [5, 5.41) is 0. The highest BCUT2D eigenvalue weighted by atomic mass is 16.9. The zero-order valence-electron chi connectivity index (χ0n) is 16.4. The summed E-state index contributed by atoms with van der Waals surface area (Å²) < 4.78 is 17.5. The predicted molar refractivity (Wildman–Crippen MR) is 98.5 cm³/mol. The Hall–Kier alpha value is -0.850. The van der Waals surface area contributed by atoms with Crippen LogP contribution >= 0.6 is 0 Å². The van der Waals surface area contributed by atoms with Gasteiger partial charge >= 0.3 is 6.03 Å². The number of nitrogens with two attached hydrogens (primary N) is 2. The molecular formula is C18H40N2O4. The van der Waals surface area contributed by atoms with E-state index in [1.807, 2.05) is 20.8 Å². The zero-order valence-corrected chi connectivity index (χ0v) is 16.4. The Morgan fingerprint density at radius 1 is 0.833 bits per heavy atom. The van der Waals surface area contributed by atoms with Crippen molar-refractivity contribution in [3.63, 3.8) is 0 Å². The molecule has 0 bridgehead atoms. The first-order valence-corrected chi connectivity index (χ1v) is 9.36. The minimum atomic E-state index is -0.846. The van der Waals surface area contributed by atoms with Crippen LogP contribution in [0.15, 0.2) is 0 Å². The van der Waals surface area contributed by atoms with Crippen LogP contribution in [0.2, 0.25) is 0 Å². The molecule has 146 valence electrons. The monoisotopic (exact) mass is 348 g/mol. The number of rotatable bonds is 14. The van der Waals surface area contributed by atoms with E-state index in [4.69, 9.17) is 19.0 Å². The Kier molecular flexibility index (Phi) is 18.0. The van der Waals surface area contributed by atoms with Gasteiger partial charge in [-0.1, -0.05) is 52.4 Å². The molecule has 0 aliphatic rings. The molecule has 6 nitrogen and oxygen atoms in total. The number of carbonyl (C=O) groups is 1. The van der Waals surface area contributed by atoms with Crippen molar-refractivity contribution in [2.24, 2.45) is 17.4 Å². The summed E-state index contributed by atoms with van der Waals surface area (Å²) in [6.07, 6.45) is 8.97. The van der Waals surface area contributed by atoms with Gasteiger partial charge in [-0.25, -0.2) is 4.79 Å². The molecule has 0 spiro atoms. The van der Waals surface area contributed by atoms with Crippen LogP contribution in [0.1, 0.15) is 79.6 Å². The van der Waals surface area contributed by atoms with E-state index in [-0.39, 0.29) is 5.92 Å². The van der Waals surface area contributed by atoms with Crippen molar-refractivity contribution in [1.29, 1.82) is 0 Å². The lowest BCUT2D eigenvalue weighted by atomic mass is 9.99. The second kappa shape index (κ2) is 17.0. The van der Waals surface area contributed by atoms with E-state index < -0.39 is 12.0 Å². The highest BCUT2D eigenvalue weighted by molar-refractivity contribution is 5.69. The third-order valence-electron chi connectivity index (χ3n) is 3.63. The first kappa shape index (κ1) is 25.4. The molecular weight excluding hydrogens is 308 g/mol. The number of carbonyl (C=O) groups excluding carboxylic acids is 1. The molecule has 0 saturated carbocycles. The summed E-state index contributed by atoms with van der Waals surface area (Å²) in [6.45, 7) is 12.2. The maximum Gasteiger partial charge on any atom is 0.309 e. The van der Waals surface area contributed by atoms with Crippen LogP contribution in [-0.4, -0.2) is 31.8 Å². The van der Waals surface area contributed by atoms with Crippen molar-refractivity contribution >= 4 is 6.03 Å². The molecule has 1 atom stereocenters. The molecule has 6 heteroatoms. The van der Waals surface area contributed by atoms with Crippen molar-refractivity contribution in [1.82, 2.24) is 0 Å². The van der Waals surface area contributed by atoms with Gasteiger partial charge in [0.15, 0.2) is 0 Å². The molecule has 0 radical (unpaired) electrons. The molecule has 4 N–H and O–H groups in total. The van der Waals surface area contributed by atoms with Gasteiger partial charge in [-0.2, -0.15) is 0 Å². The van der Waals surface area contributed by atoms with Gasteiger partial charge < -0.3 is 25.7 Å². The Morgan fingerprint density at radius 3 is 1.58 bits per heavy atom. The van der Waals surface area contributed by atoms with E-state index in [9.17, 15) is 0 Å². The van der Waals surface area contributed by atoms with E-state index in [0.29, 0.717) is 19.8 Å². The fourth-order valence-corrected chi connectivity index (χ4v) is 2.56. The van der Waals surface area contributed by atoms with E-state index >= 15 is 0 Å². The van der Waals surface area contributed by atoms with E-state index in [0.717, 1.165) is 6.42 Å². The summed E-state index contributed by atoms with van der Waals surface area (Å²) in [4.78, 5) is 9.00. The summed E-state index contributed by atoms with van der Waals surface area (Å²) in [6, 6.07) is -0.833. The summed E-state index contributed by atoms with van der Waals surface area (Å²) >= 11 is 0. The lowest BCUT2D eigenvalue weighted by Crippen LogP contribution is -2.45. The van der Waals surface area contributed by atoms with Gasteiger partial charge in [0.1, 0.15) is 0 Å². The zero-order chi connectivity index (χ0) is 18.8. The Labute approximate surface area is 148 Å². The van der Waals surface area contributed by atoms with Gasteiger partial charge in [0.25, 0.3) is 5.97 Å². The molecule has 24 heavy (non-hydrogen) atoms. The number of hydrogen-bond donors (Lipinski definition) is 2. The lowest BCUT2D eigenvalue weighted by Gasteiger charge is -2.37. The summed E-state index contributed by atoms with van der Waals surface area (Å²) in [7, 11) is 0. The van der Waals surface area contributed by atoms with Crippen molar-refractivity contribution in [2.75, 3.05) is 19.8 Å². The molecule has 0 aromatic carbocycles. The fraction of sp³-hybridized carbons (Fsp3) is 0.944. The van der Waals surface area contributed by atoms with Crippen LogP contribution in [0.4, 0.5) is 4.79 Å². The Bertz CT molecular complexity index is 267. The third-order valence-corrected chi connectivity index (χ3v) is 3.63. The first-order valence-electron chi connectivity index (χ1n) is 9.36. The second-order valence-corrected chi connectivity index (χ2v) is 5.76. The molecule has 0 saturated heterocycles. The third kappa shape index (κ3) is 13.6. The van der Waals surface area contributed by atoms with Crippen LogP contribution in [0.3, 0.4) is 0 Å². The lowest BCUT2D eigenvalue weighted by molar-refractivity contribution is -0.400. The van der Waals surface area contributed by atoms with Crippen molar-refractivity contribution in [2.45, 2.75) is 85.5 Å². The van der Waals surface area contributed by atoms with Crippen molar-refractivity contribution in [3.8, 4) is 0 Å². The van der Waals surface area contributed by atoms with Crippen LogP contribution < -0.4 is 11.5 Å². The molecule has 0 aliphatic carbocycles. The van der Waals surface area contributed by atoms with E-state index in [1.165, 1.54) is 38.5 Å². The van der Waals surface area contributed by atoms with Crippen LogP contribution in [0.5, 0.6) is 0 Å². The number of urea groups is 1. The van der Waals surface area contributed by atoms with Crippen LogP contribution in [0.25, 0.3) is 0 Å². The average Bonchev–Trinajstić information content (AvgIpc) is 2.50. The second-order valence-electron chi connectivity index (χ2n) is 5.76. The van der Waals surface area contributed by atoms with Gasteiger partial charge in [0, 0.05) is 25.7 Å². The normalized spacial score (nSPS) is 12.4. The standard InChI is InChI=1S/C17H36O3.CH4N2O/c1-6-10-11-12-13-14-15-16(5)17(18-7-2,19-8-3)20-9-4;2-1(3)4/h16H,6-15H2,1-5H3;(H4,2,3,4). The SMILES string of the molecule is CCCCCCCCC(C)C(OCC)(OCC)OCC.NC(N)=O. The fourth-order valence-electron chi connectivity index (χ4n) is 2.56. The average molecular weight is 349 g/mol. The minimum absolute atomic E-state index is 0.258. The topological polar surface area (TPSA) is 96.8 Å². The van der Waals surface area contributed by atoms with Gasteiger partial charge in [-0.15, -0.1) is 0 Å². The molecule has 0 aromatic heterocycles. The first-order chi connectivity index (χ1) is 11.4. The molecule has 0 fully saturated rings. The number of ether oxygens (including phenoxy) is 3. The van der Waals surface area contributed by atoms with Gasteiger partial charge in [-0.3, -0.25) is 0 Å². The summed E-state index contributed by atoms with van der Waals surface area (Å²) in [5.41, 5.74) is 8.50. The highest BCUT2D eigenvalue weighted by Crippen LogP contribution is 2.30. The Morgan fingerprint density at radius 2 is 1.21 bits per heavy atom. The van der Waals surface area contributed by atoms with Crippen molar-refractivity contribution in [3.05, 3.63) is 0 Å². The number of hydrogen-bond acceptors (Lipinski definition) is 4. The summed E-state index contributed by atoms with van der Waals surface area (Å²) in [5.74, 6) is -0.588. The molecule has 0 rings (SSSR count). The largest absolute Gasteiger partial charge is 0.352 e. The molecule has 1 unspecified atom stereocenters. The number of amides is 2. The quantitative estimate of drug-likeness (QED) is 0.364. The molecule has 0 aliphatic heterocycles. The van der Waals surface area contributed by atoms with Crippen LogP contribution in [-0.2, 0) is 14.2 Å². The molecule has 0 aromatic rings. The maximum atomic E-state index is 9.00. The molecule has 0 heterocycles. The van der Waals surface area contributed by atoms with Gasteiger partial charge in [-0.05, 0) is 27.2 Å². The van der Waals surface area contributed by atoms with Crippen molar-refractivity contribution < 1.29 is 19.0 Å². The number of primary amides is 2. The van der Waals surface area contributed by atoms with Crippen LogP contribution in [0, 0.1) is 5.92 Å². The Balaban J connectivity index is 0. The van der Waals surface area contributed by atoms with E-state index in [1.54, 1.807) is 0 Å². The van der Waals surface area contributed by atoms with Gasteiger partial charge in [0.05, 0.1) is 0 Å². The minimum Gasteiger partial charge on any atom is -0.352 e. The maximum absolute atomic E-state index is 9.00. The highest BCUT2D eigenvalue weighted by Gasteiger charge is 2.38. The van der Waals surface area contributed by atoms with E-state index in [2.05, 4.69) is 25.3 Å².